The maximum absolute atomic E-state index is 10.7. The van der Waals surface area contributed by atoms with Crippen LogP contribution in [0.15, 0.2) is 53.7 Å². The summed E-state index contributed by atoms with van der Waals surface area (Å²) < 4.78 is 8.08. The highest BCUT2D eigenvalue weighted by Crippen LogP contribution is 2.19. The molecule has 5 nitrogen and oxygen atoms in total. The van der Waals surface area contributed by atoms with Crippen molar-refractivity contribution in [1.29, 1.82) is 0 Å². The fourth-order valence-electron chi connectivity index (χ4n) is 1.40. The first-order chi connectivity index (χ1) is 9.25. The number of rotatable bonds is 5. The van der Waals surface area contributed by atoms with Gasteiger partial charge < -0.3 is 10.5 Å². The number of nitrogens with two attached hydrogens (primary N) is 1. The summed E-state index contributed by atoms with van der Waals surface area (Å²) in [5.41, 5.74) is 5.91. The summed E-state index contributed by atoms with van der Waals surface area (Å²) in [6, 6.07) is 12.6. The Morgan fingerprint density at radius 1 is 1.26 bits per heavy atom. The van der Waals surface area contributed by atoms with Gasteiger partial charge >= 0.3 is 6.03 Å². The van der Waals surface area contributed by atoms with E-state index in [0.717, 1.165) is 23.3 Å². The van der Waals surface area contributed by atoms with Crippen LogP contribution < -0.4 is 15.2 Å². The number of para-hydroxylation sites is 1. The van der Waals surface area contributed by atoms with E-state index >= 15 is 0 Å². The minimum Gasteiger partial charge on any atom is -0.489 e. The number of nitrogens with one attached hydrogen (secondary N) is 1. The van der Waals surface area contributed by atoms with Gasteiger partial charge in [0, 0.05) is 23.7 Å². The predicted octanol–water partition coefficient (Wildman–Crippen LogP) is 2.34. The van der Waals surface area contributed by atoms with Crippen LogP contribution in [0.25, 0.3) is 0 Å². The van der Waals surface area contributed by atoms with Gasteiger partial charge in [0.1, 0.15) is 17.4 Å². The van der Waals surface area contributed by atoms with Gasteiger partial charge in [-0.15, -0.1) is 0 Å². The minimum atomic E-state index is -0.606. The number of urea groups is 1. The first-order valence-electron chi connectivity index (χ1n) is 5.60. The van der Waals surface area contributed by atoms with E-state index in [1.807, 2.05) is 42.5 Å². The lowest BCUT2D eigenvalue weighted by atomic mass is 10.3. The smallest absolute Gasteiger partial charge is 0.322 e. The molecule has 0 bridgehead atoms. The third-order valence-electron chi connectivity index (χ3n) is 2.24. The van der Waals surface area contributed by atoms with E-state index in [0.29, 0.717) is 11.6 Å². The number of nitrogens with zero attached hydrogens (tertiary/aromatic N) is 1. The molecule has 3 N–H and O–H groups in total. The molecule has 0 fully saturated rings. The molecule has 2 amide bonds. The van der Waals surface area contributed by atoms with Gasteiger partial charge in [-0.1, -0.05) is 24.3 Å². The molecule has 0 unspecified atom stereocenters. The summed E-state index contributed by atoms with van der Waals surface area (Å²) >= 11 is 1.07. The summed E-state index contributed by atoms with van der Waals surface area (Å²) in [5.74, 6) is 0.783. The second-order valence-electron chi connectivity index (χ2n) is 3.64. The lowest BCUT2D eigenvalue weighted by Crippen LogP contribution is -2.23. The standard InChI is InChI=1S/C13H13N3O2S/c14-13(17)16-19-12-10(5-4-8-15-12)9-18-11-6-2-1-3-7-11/h1-8H,9H2,(H3,14,16,17). The number of hydrogen-bond donors (Lipinski definition) is 2. The fraction of sp³-hybridized carbons (Fsp3) is 0.0769. The number of primary amides is 1. The van der Waals surface area contributed by atoms with Crippen molar-refractivity contribution in [1.82, 2.24) is 9.71 Å². The largest absolute Gasteiger partial charge is 0.489 e. The van der Waals surface area contributed by atoms with E-state index in [1.165, 1.54) is 0 Å². The molecule has 0 aliphatic heterocycles. The highest BCUT2D eigenvalue weighted by Gasteiger charge is 2.06. The van der Waals surface area contributed by atoms with Crippen molar-refractivity contribution in [3.63, 3.8) is 0 Å². The summed E-state index contributed by atoms with van der Waals surface area (Å²) in [4.78, 5) is 14.9. The zero-order valence-corrected chi connectivity index (χ0v) is 10.9. The van der Waals surface area contributed by atoms with Crippen LogP contribution in [0, 0.1) is 0 Å². The highest BCUT2D eigenvalue weighted by molar-refractivity contribution is 7.97. The van der Waals surface area contributed by atoms with E-state index in [1.54, 1.807) is 6.20 Å². The molecule has 0 aliphatic rings. The molecule has 1 aromatic heterocycles. The number of carbonyl (C=O) groups is 1. The monoisotopic (exact) mass is 275 g/mol. The Labute approximate surface area is 115 Å². The van der Waals surface area contributed by atoms with Crippen LogP contribution in [0.1, 0.15) is 5.56 Å². The molecule has 0 radical (unpaired) electrons. The van der Waals surface area contributed by atoms with Gasteiger partial charge in [-0.25, -0.2) is 9.78 Å². The molecule has 0 aliphatic carbocycles. The van der Waals surface area contributed by atoms with Crippen LogP contribution in [0.4, 0.5) is 4.79 Å². The van der Waals surface area contributed by atoms with Gasteiger partial charge in [0.15, 0.2) is 0 Å². The Kier molecular flexibility index (Phi) is 4.63. The van der Waals surface area contributed by atoms with Gasteiger partial charge in [0.2, 0.25) is 0 Å². The minimum absolute atomic E-state index is 0.376. The quantitative estimate of drug-likeness (QED) is 0.821. The number of benzene rings is 1. The molecule has 0 saturated heterocycles. The van der Waals surface area contributed by atoms with Crippen LogP contribution in [0.3, 0.4) is 0 Å². The zero-order chi connectivity index (χ0) is 13.5. The molecule has 2 rings (SSSR count). The Balaban J connectivity index is 2.01. The van der Waals surface area contributed by atoms with Gasteiger partial charge in [-0.3, -0.25) is 4.72 Å². The average molecular weight is 275 g/mol. The van der Waals surface area contributed by atoms with Crippen molar-refractivity contribution < 1.29 is 9.53 Å². The lowest BCUT2D eigenvalue weighted by Gasteiger charge is -2.09. The van der Waals surface area contributed by atoms with Crippen LogP contribution in [-0.4, -0.2) is 11.0 Å². The zero-order valence-electron chi connectivity index (χ0n) is 10.1. The lowest BCUT2D eigenvalue weighted by molar-refractivity contribution is 0.254. The maximum Gasteiger partial charge on any atom is 0.322 e. The molecule has 0 atom stereocenters. The fourth-order valence-corrected chi connectivity index (χ4v) is 1.97. The number of carbonyl (C=O) groups excluding carboxylic acids is 1. The molecule has 0 spiro atoms. The summed E-state index contributed by atoms with van der Waals surface area (Å²) in [7, 11) is 0. The van der Waals surface area contributed by atoms with Crippen molar-refractivity contribution in [2.24, 2.45) is 5.73 Å². The second-order valence-corrected chi connectivity index (χ2v) is 4.43. The van der Waals surface area contributed by atoms with E-state index < -0.39 is 6.03 Å². The molecule has 2 aromatic rings. The summed E-state index contributed by atoms with van der Waals surface area (Å²) in [5, 5.41) is 0.664. The topological polar surface area (TPSA) is 77.2 Å². The molecular formula is C13H13N3O2S. The van der Waals surface area contributed by atoms with E-state index in [2.05, 4.69) is 9.71 Å². The molecule has 19 heavy (non-hydrogen) atoms. The summed E-state index contributed by atoms with van der Waals surface area (Å²) in [6.45, 7) is 0.376. The Morgan fingerprint density at radius 2 is 2.05 bits per heavy atom. The van der Waals surface area contributed by atoms with E-state index in [-0.39, 0.29) is 0 Å². The average Bonchev–Trinajstić information content (AvgIpc) is 2.45. The van der Waals surface area contributed by atoms with E-state index in [4.69, 9.17) is 10.5 Å². The maximum atomic E-state index is 10.7. The molecule has 1 heterocycles. The van der Waals surface area contributed by atoms with Crippen molar-refractivity contribution in [2.75, 3.05) is 0 Å². The Morgan fingerprint density at radius 3 is 2.79 bits per heavy atom. The Hall–Kier alpha value is -2.21. The third-order valence-corrected chi connectivity index (χ3v) is 3.10. The normalized spacial score (nSPS) is 9.89. The van der Waals surface area contributed by atoms with Crippen molar-refractivity contribution in [3.8, 4) is 5.75 Å². The third kappa shape index (κ3) is 4.18. The number of aromatic nitrogens is 1. The van der Waals surface area contributed by atoms with Crippen molar-refractivity contribution in [3.05, 3.63) is 54.2 Å². The van der Waals surface area contributed by atoms with Crippen LogP contribution in [0.2, 0.25) is 0 Å². The van der Waals surface area contributed by atoms with Crippen molar-refractivity contribution >= 4 is 18.0 Å². The van der Waals surface area contributed by atoms with Gasteiger partial charge in [-0.2, -0.15) is 0 Å². The van der Waals surface area contributed by atoms with Crippen LogP contribution in [0.5, 0.6) is 5.75 Å². The van der Waals surface area contributed by atoms with Crippen molar-refractivity contribution in [2.45, 2.75) is 11.6 Å². The molecule has 98 valence electrons. The highest BCUT2D eigenvalue weighted by atomic mass is 32.2. The van der Waals surface area contributed by atoms with Gasteiger partial charge in [0.05, 0.1) is 0 Å². The molecule has 0 saturated carbocycles. The first kappa shape index (κ1) is 13.2. The predicted molar refractivity (Wildman–Crippen MR) is 73.6 cm³/mol. The number of pyridine rings is 1. The number of amides is 2. The van der Waals surface area contributed by atoms with Crippen LogP contribution in [-0.2, 0) is 6.61 Å². The Bertz CT molecular complexity index is 549. The molecule has 6 heteroatoms. The number of hydrogen-bond acceptors (Lipinski definition) is 4. The molecular weight excluding hydrogens is 262 g/mol. The van der Waals surface area contributed by atoms with Gasteiger partial charge in [0.25, 0.3) is 0 Å². The van der Waals surface area contributed by atoms with Crippen LogP contribution >= 0.6 is 11.9 Å². The van der Waals surface area contributed by atoms with E-state index in [9.17, 15) is 4.79 Å². The molecule has 1 aromatic carbocycles. The number of ether oxygens (including phenoxy) is 1. The first-order valence-corrected chi connectivity index (χ1v) is 6.41. The van der Waals surface area contributed by atoms with Gasteiger partial charge in [-0.05, 0) is 18.2 Å². The summed E-state index contributed by atoms with van der Waals surface area (Å²) in [6.07, 6.45) is 1.65. The second kappa shape index (κ2) is 6.65. The SMILES string of the molecule is NC(=O)NSc1ncccc1COc1ccccc1.